The summed E-state index contributed by atoms with van der Waals surface area (Å²) in [5.74, 6) is 1.72. The van der Waals surface area contributed by atoms with Crippen LogP contribution in [0.5, 0.6) is 0 Å². The van der Waals surface area contributed by atoms with Gasteiger partial charge in [0.2, 0.25) is 5.91 Å². The topological polar surface area (TPSA) is 67.6 Å². The number of aryl methyl sites for hydroxylation is 1. The molecule has 0 radical (unpaired) electrons. The van der Waals surface area contributed by atoms with Crippen LogP contribution in [-0.4, -0.2) is 36.0 Å². The Bertz CT molecular complexity index is 712. The highest BCUT2D eigenvalue weighted by atomic mass is 32.1. The maximum absolute atomic E-state index is 11.7. The van der Waals surface area contributed by atoms with Gasteiger partial charge in [0, 0.05) is 38.2 Å². The van der Waals surface area contributed by atoms with Crippen molar-refractivity contribution in [3.63, 3.8) is 0 Å². The van der Waals surface area contributed by atoms with Gasteiger partial charge in [-0.1, -0.05) is 0 Å². The number of aromatic nitrogens is 1. The van der Waals surface area contributed by atoms with Gasteiger partial charge in [-0.25, -0.2) is 4.98 Å². The molecule has 7 heteroatoms. The number of ether oxygens (including phenoxy) is 1. The van der Waals surface area contributed by atoms with Gasteiger partial charge in [-0.15, -0.1) is 11.3 Å². The van der Waals surface area contributed by atoms with Crippen LogP contribution in [0.4, 0.5) is 0 Å². The minimum absolute atomic E-state index is 0.0231. The molecule has 0 bridgehead atoms. The maximum atomic E-state index is 11.7. The molecule has 24 heavy (non-hydrogen) atoms. The standard InChI is InChI=1S/C17H23N3O3S/c1-12-10-24-16(18-12)17(19-13(2)21)6-7-20(11-17)8-14-4-5-15(23-14)9-22-3/h4-5,10H,6-9,11H2,1-3H3,(H,19,21). The third-order valence-corrected chi connectivity index (χ3v) is 5.34. The average molecular weight is 349 g/mol. The first kappa shape index (κ1) is 17.1. The fourth-order valence-electron chi connectivity index (χ4n) is 3.21. The number of thiazole rings is 1. The van der Waals surface area contributed by atoms with Crippen molar-refractivity contribution in [1.82, 2.24) is 15.2 Å². The summed E-state index contributed by atoms with van der Waals surface area (Å²) in [7, 11) is 1.65. The average Bonchev–Trinajstić information content (AvgIpc) is 3.21. The number of rotatable bonds is 6. The SMILES string of the molecule is COCc1ccc(CN2CCC(NC(C)=O)(c3nc(C)cs3)C2)o1. The molecule has 2 aromatic heterocycles. The third kappa shape index (κ3) is 3.68. The van der Waals surface area contributed by atoms with Gasteiger partial charge in [0.1, 0.15) is 28.7 Å². The third-order valence-electron chi connectivity index (χ3n) is 4.18. The lowest BCUT2D eigenvalue weighted by Crippen LogP contribution is -2.47. The number of carbonyl (C=O) groups is 1. The second-order valence-corrected chi connectivity index (χ2v) is 7.18. The number of carbonyl (C=O) groups excluding carboxylic acids is 1. The van der Waals surface area contributed by atoms with E-state index in [1.807, 2.05) is 24.4 Å². The first-order chi connectivity index (χ1) is 11.5. The van der Waals surface area contributed by atoms with Crippen LogP contribution in [-0.2, 0) is 28.2 Å². The highest BCUT2D eigenvalue weighted by Gasteiger charge is 2.42. The monoisotopic (exact) mass is 349 g/mol. The van der Waals surface area contributed by atoms with E-state index in [2.05, 4.69) is 15.2 Å². The zero-order chi connectivity index (χ0) is 17.2. The molecule has 1 fully saturated rings. The van der Waals surface area contributed by atoms with E-state index in [-0.39, 0.29) is 5.91 Å². The molecule has 1 amide bonds. The molecule has 2 aromatic rings. The molecule has 0 spiro atoms. The van der Waals surface area contributed by atoms with E-state index in [4.69, 9.17) is 9.15 Å². The number of methoxy groups -OCH3 is 1. The lowest BCUT2D eigenvalue weighted by atomic mass is 9.99. The number of hydrogen-bond acceptors (Lipinski definition) is 6. The lowest BCUT2D eigenvalue weighted by Gasteiger charge is -2.28. The highest BCUT2D eigenvalue weighted by Crippen LogP contribution is 2.35. The molecule has 6 nitrogen and oxygen atoms in total. The molecule has 0 aliphatic carbocycles. The van der Waals surface area contributed by atoms with Crippen molar-refractivity contribution in [2.75, 3.05) is 20.2 Å². The van der Waals surface area contributed by atoms with Crippen LogP contribution in [0.1, 0.15) is 35.6 Å². The molecular formula is C17H23N3O3S. The second kappa shape index (κ2) is 7.04. The predicted octanol–water partition coefficient (Wildman–Crippen LogP) is 2.43. The summed E-state index contributed by atoms with van der Waals surface area (Å²) < 4.78 is 10.9. The molecule has 0 aromatic carbocycles. The minimum Gasteiger partial charge on any atom is -0.462 e. The minimum atomic E-state index is -0.396. The van der Waals surface area contributed by atoms with Gasteiger partial charge in [-0.3, -0.25) is 9.69 Å². The van der Waals surface area contributed by atoms with Gasteiger partial charge in [0.15, 0.2) is 0 Å². The molecule has 1 atom stereocenters. The first-order valence-electron chi connectivity index (χ1n) is 8.01. The lowest BCUT2D eigenvalue weighted by molar-refractivity contribution is -0.120. The summed E-state index contributed by atoms with van der Waals surface area (Å²) in [6, 6.07) is 3.93. The van der Waals surface area contributed by atoms with Crippen LogP contribution >= 0.6 is 11.3 Å². The quantitative estimate of drug-likeness (QED) is 0.867. The van der Waals surface area contributed by atoms with Crippen molar-refractivity contribution < 1.29 is 13.9 Å². The van der Waals surface area contributed by atoms with E-state index < -0.39 is 5.54 Å². The summed E-state index contributed by atoms with van der Waals surface area (Å²) in [4.78, 5) is 18.7. The summed E-state index contributed by atoms with van der Waals surface area (Å²) in [5.41, 5.74) is 0.598. The normalized spacial score (nSPS) is 21.3. The first-order valence-corrected chi connectivity index (χ1v) is 8.89. The summed E-state index contributed by atoms with van der Waals surface area (Å²) in [5, 5.41) is 6.16. The predicted molar refractivity (Wildman–Crippen MR) is 91.7 cm³/mol. The van der Waals surface area contributed by atoms with Crippen molar-refractivity contribution in [3.05, 3.63) is 39.7 Å². The Morgan fingerprint density at radius 1 is 1.50 bits per heavy atom. The van der Waals surface area contributed by atoms with Crippen LogP contribution in [0, 0.1) is 6.92 Å². The van der Waals surface area contributed by atoms with Gasteiger partial charge < -0.3 is 14.5 Å². The smallest absolute Gasteiger partial charge is 0.217 e. The van der Waals surface area contributed by atoms with Crippen molar-refractivity contribution >= 4 is 17.2 Å². The Kier molecular flexibility index (Phi) is 5.03. The number of nitrogens with one attached hydrogen (secondary N) is 1. The number of amides is 1. The molecule has 1 aliphatic heterocycles. The Morgan fingerprint density at radius 3 is 2.96 bits per heavy atom. The van der Waals surface area contributed by atoms with E-state index >= 15 is 0 Å². The van der Waals surface area contributed by atoms with E-state index in [1.54, 1.807) is 25.4 Å². The van der Waals surface area contributed by atoms with Gasteiger partial charge in [-0.2, -0.15) is 0 Å². The number of likely N-dealkylation sites (tertiary alicyclic amines) is 1. The van der Waals surface area contributed by atoms with Crippen molar-refractivity contribution in [3.8, 4) is 0 Å². The molecule has 1 N–H and O–H groups in total. The van der Waals surface area contributed by atoms with E-state index in [0.717, 1.165) is 48.3 Å². The fraction of sp³-hybridized carbons (Fsp3) is 0.529. The summed E-state index contributed by atoms with van der Waals surface area (Å²) in [6.45, 7) is 6.37. The molecule has 130 valence electrons. The van der Waals surface area contributed by atoms with Crippen molar-refractivity contribution in [2.45, 2.75) is 39.0 Å². The van der Waals surface area contributed by atoms with Gasteiger partial charge in [0.25, 0.3) is 0 Å². The zero-order valence-electron chi connectivity index (χ0n) is 14.3. The van der Waals surface area contributed by atoms with Gasteiger partial charge in [0.05, 0.1) is 6.54 Å². The summed E-state index contributed by atoms with van der Waals surface area (Å²) in [6.07, 6.45) is 0.852. The van der Waals surface area contributed by atoms with E-state index in [0.29, 0.717) is 6.61 Å². The molecule has 3 heterocycles. The van der Waals surface area contributed by atoms with E-state index in [1.165, 1.54) is 0 Å². The number of hydrogen-bond donors (Lipinski definition) is 1. The van der Waals surface area contributed by atoms with Crippen LogP contribution in [0.25, 0.3) is 0 Å². The van der Waals surface area contributed by atoms with Crippen LogP contribution in [0.2, 0.25) is 0 Å². The fourth-order valence-corrected chi connectivity index (χ4v) is 4.19. The molecular weight excluding hydrogens is 326 g/mol. The van der Waals surface area contributed by atoms with Gasteiger partial charge in [-0.05, 0) is 25.5 Å². The molecule has 1 saturated heterocycles. The van der Waals surface area contributed by atoms with Crippen molar-refractivity contribution in [1.29, 1.82) is 0 Å². The number of furan rings is 1. The Hall–Kier alpha value is -1.70. The maximum Gasteiger partial charge on any atom is 0.217 e. The second-order valence-electron chi connectivity index (χ2n) is 6.32. The highest BCUT2D eigenvalue weighted by molar-refractivity contribution is 7.09. The van der Waals surface area contributed by atoms with Crippen LogP contribution < -0.4 is 5.32 Å². The molecule has 0 saturated carbocycles. The Balaban J connectivity index is 1.73. The zero-order valence-corrected chi connectivity index (χ0v) is 15.1. The van der Waals surface area contributed by atoms with Crippen LogP contribution in [0.3, 0.4) is 0 Å². The molecule has 1 unspecified atom stereocenters. The molecule has 1 aliphatic rings. The Labute approximate surface area is 145 Å². The summed E-state index contributed by atoms with van der Waals surface area (Å²) >= 11 is 1.61. The van der Waals surface area contributed by atoms with Gasteiger partial charge >= 0.3 is 0 Å². The largest absolute Gasteiger partial charge is 0.462 e. The van der Waals surface area contributed by atoms with E-state index in [9.17, 15) is 4.79 Å². The van der Waals surface area contributed by atoms with Crippen molar-refractivity contribution in [2.24, 2.45) is 0 Å². The Morgan fingerprint density at radius 2 is 2.29 bits per heavy atom. The van der Waals surface area contributed by atoms with Crippen LogP contribution in [0.15, 0.2) is 21.9 Å². The number of nitrogens with zero attached hydrogens (tertiary/aromatic N) is 2. The molecule has 3 rings (SSSR count).